The van der Waals surface area contributed by atoms with Gasteiger partial charge in [-0.1, -0.05) is 0 Å². The number of urea groups is 1. The highest BCUT2D eigenvalue weighted by atomic mass is 19.1. The highest BCUT2D eigenvalue weighted by Crippen LogP contribution is 2.27. The second-order valence-electron chi connectivity index (χ2n) is 5.46. The molecule has 0 radical (unpaired) electrons. The Morgan fingerprint density at radius 2 is 2.24 bits per heavy atom. The average Bonchev–Trinajstić information content (AvgIpc) is 3.10. The first-order chi connectivity index (χ1) is 10.2. The lowest BCUT2D eigenvalue weighted by Gasteiger charge is -2.15. The number of carbonyl (C=O) groups excluding carboxylic acids is 1. The van der Waals surface area contributed by atoms with Crippen molar-refractivity contribution in [1.29, 1.82) is 0 Å². The smallest absolute Gasteiger partial charge is 0.319 e. The summed E-state index contributed by atoms with van der Waals surface area (Å²) in [4.78, 5) is 11.8. The minimum Gasteiger partial charge on any atom is -0.489 e. The maximum absolute atomic E-state index is 13.4. The lowest BCUT2D eigenvalue weighted by molar-refractivity contribution is 0.0682. The molecule has 0 spiro atoms. The number of nitrogens with one attached hydrogen (secondary N) is 2. The molecule has 21 heavy (non-hydrogen) atoms. The molecule has 3 rings (SSSR count). The fourth-order valence-corrected chi connectivity index (χ4v) is 2.26. The van der Waals surface area contributed by atoms with E-state index in [0.29, 0.717) is 18.0 Å². The van der Waals surface area contributed by atoms with Gasteiger partial charge in [0.1, 0.15) is 18.2 Å². The zero-order valence-corrected chi connectivity index (χ0v) is 11.7. The van der Waals surface area contributed by atoms with E-state index in [1.165, 1.54) is 18.2 Å². The molecule has 2 amide bonds. The molecular weight excluding hydrogens is 275 g/mol. The van der Waals surface area contributed by atoms with Crippen LogP contribution in [0.3, 0.4) is 0 Å². The van der Waals surface area contributed by atoms with E-state index in [1.54, 1.807) is 0 Å². The predicted octanol–water partition coefficient (Wildman–Crippen LogP) is 2.67. The van der Waals surface area contributed by atoms with E-state index in [-0.39, 0.29) is 18.2 Å². The molecule has 2 aliphatic rings. The molecule has 1 aliphatic heterocycles. The number of anilines is 1. The van der Waals surface area contributed by atoms with Crippen LogP contribution in [-0.4, -0.2) is 31.4 Å². The Bertz CT molecular complexity index is 514. The monoisotopic (exact) mass is 294 g/mol. The van der Waals surface area contributed by atoms with Crippen molar-refractivity contribution in [2.45, 2.75) is 37.8 Å². The summed E-state index contributed by atoms with van der Waals surface area (Å²) in [5.74, 6) is 0.0408. The van der Waals surface area contributed by atoms with Gasteiger partial charge in [-0.25, -0.2) is 9.18 Å². The fourth-order valence-electron chi connectivity index (χ4n) is 2.26. The molecule has 114 valence electrons. The fraction of sp³-hybridized carbons (Fsp3) is 0.533. The molecule has 1 atom stereocenters. The van der Waals surface area contributed by atoms with Crippen LogP contribution in [0.1, 0.15) is 25.7 Å². The first-order valence-corrected chi connectivity index (χ1v) is 7.32. The van der Waals surface area contributed by atoms with Gasteiger partial charge in [-0.05, 0) is 37.8 Å². The van der Waals surface area contributed by atoms with Crippen LogP contribution in [0.2, 0.25) is 0 Å². The predicted molar refractivity (Wildman–Crippen MR) is 76.0 cm³/mol. The van der Waals surface area contributed by atoms with E-state index in [0.717, 1.165) is 32.3 Å². The summed E-state index contributed by atoms with van der Waals surface area (Å²) in [6, 6.07) is 4.02. The van der Waals surface area contributed by atoms with Crippen LogP contribution in [0.25, 0.3) is 0 Å². The van der Waals surface area contributed by atoms with Crippen LogP contribution >= 0.6 is 0 Å². The van der Waals surface area contributed by atoms with Gasteiger partial charge in [0.2, 0.25) is 0 Å². The Hall–Kier alpha value is -1.82. The van der Waals surface area contributed by atoms with Crippen molar-refractivity contribution in [2.75, 3.05) is 18.5 Å². The third-order valence-electron chi connectivity index (χ3n) is 3.55. The van der Waals surface area contributed by atoms with Crippen molar-refractivity contribution in [3.63, 3.8) is 0 Å². The average molecular weight is 294 g/mol. The van der Waals surface area contributed by atoms with E-state index in [4.69, 9.17) is 9.47 Å². The number of hydrogen-bond acceptors (Lipinski definition) is 3. The van der Waals surface area contributed by atoms with Crippen LogP contribution in [-0.2, 0) is 4.74 Å². The van der Waals surface area contributed by atoms with Gasteiger partial charge in [0.25, 0.3) is 0 Å². The minimum absolute atomic E-state index is 0.0724. The molecule has 0 bridgehead atoms. The molecule has 5 nitrogen and oxygen atoms in total. The number of carbonyl (C=O) groups is 1. The second kappa shape index (κ2) is 6.30. The summed E-state index contributed by atoms with van der Waals surface area (Å²) in [5.41, 5.74) is 0.339. The SMILES string of the molecule is O=C(Nc1cc(F)ccc1OC[C@H]1CCCO1)NC1CC1. The second-order valence-corrected chi connectivity index (χ2v) is 5.46. The van der Waals surface area contributed by atoms with E-state index in [1.807, 2.05) is 0 Å². The standard InChI is InChI=1S/C15H19FN2O3/c16-10-3-6-14(21-9-12-2-1-7-20-12)13(8-10)18-15(19)17-11-4-5-11/h3,6,8,11-12H,1-2,4-5,7,9H2,(H2,17,18,19)/t12-/m1/s1. The first-order valence-electron chi connectivity index (χ1n) is 7.32. The van der Waals surface area contributed by atoms with Gasteiger partial charge in [0.15, 0.2) is 0 Å². The zero-order chi connectivity index (χ0) is 14.7. The van der Waals surface area contributed by atoms with Crippen LogP contribution in [0, 0.1) is 5.82 Å². The summed E-state index contributed by atoms with van der Waals surface area (Å²) in [6.45, 7) is 1.16. The Kier molecular flexibility index (Phi) is 4.24. The third kappa shape index (κ3) is 4.07. The number of halogens is 1. The molecule has 1 saturated carbocycles. The van der Waals surface area contributed by atoms with Gasteiger partial charge in [-0.15, -0.1) is 0 Å². The van der Waals surface area contributed by atoms with Crippen molar-refractivity contribution in [3.8, 4) is 5.75 Å². The van der Waals surface area contributed by atoms with Crippen LogP contribution < -0.4 is 15.4 Å². The first kappa shape index (κ1) is 14.1. The van der Waals surface area contributed by atoms with Crippen LogP contribution in [0.4, 0.5) is 14.9 Å². The number of amides is 2. The Morgan fingerprint density at radius 3 is 2.95 bits per heavy atom. The van der Waals surface area contributed by atoms with Gasteiger partial charge in [-0.2, -0.15) is 0 Å². The Morgan fingerprint density at radius 1 is 1.38 bits per heavy atom. The van der Waals surface area contributed by atoms with Crippen molar-refractivity contribution in [2.24, 2.45) is 0 Å². The van der Waals surface area contributed by atoms with Crippen molar-refractivity contribution in [3.05, 3.63) is 24.0 Å². The Labute approximate surface area is 122 Å². The van der Waals surface area contributed by atoms with E-state index in [9.17, 15) is 9.18 Å². The zero-order valence-electron chi connectivity index (χ0n) is 11.7. The summed E-state index contributed by atoms with van der Waals surface area (Å²) in [6.07, 6.45) is 4.07. The third-order valence-corrected chi connectivity index (χ3v) is 3.55. The maximum Gasteiger partial charge on any atom is 0.319 e. The molecular formula is C15H19FN2O3. The summed E-state index contributed by atoms with van der Waals surface area (Å²) < 4.78 is 24.5. The van der Waals surface area contributed by atoms with Gasteiger partial charge < -0.3 is 20.1 Å². The van der Waals surface area contributed by atoms with Crippen molar-refractivity contribution < 1.29 is 18.7 Å². The molecule has 0 aromatic heterocycles. The number of hydrogen-bond donors (Lipinski definition) is 2. The largest absolute Gasteiger partial charge is 0.489 e. The molecule has 1 heterocycles. The molecule has 1 aliphatic carbocycles. The van der Waals surface area contributed by atoms with Gasteiger partial charge in [-0.3, -0.25) is 0 Å². The van der Waals surface area contributed by atoms with Crippen LogP contribution in [0.15, 0.2) is 18.2 Å². The summed E-state index contributed by atoms with van der Waals surface area (Å²) >= 11 is 0. The molecule has 6 heteroatoms. The number of ether oxygens (including phenoxy) is 2. The minimum atomic E-state index is -0.416. The molecule has 2 N–H and O–H groups in total. The molecule has 1 saturated heterocycles. The van der Waals surface area contributed by atoms with Crippen LogP contribution in [0.5, 0.6) is 5.75 Å². The molecule has 2 fully saturated rings. The summed E-state index contributed by atoms with van der Waals surface area (Å²) in [5, 5.41) is 5.44. The molecule has 1 aromatic carbocycles. The van der Waals surface area contributed by atoms with E-state index in [2.05, 4.69) is 10.6 Å². The lowest BCUT2D eigenvalue weighted by Crippen LogP contribution is -2.30. The normalized spacial score (nSPS) is 21.1. The summed E-state index contributed by atoms with van der Waals surface area (Å²) in [7, 11) is 0. The van der Waals surface area contributed by atoms with E-state index >= 15 is 0 Å². The quantitative estimate of drug-likeness (QED) is 0.877. The van der Waals surface area contributed by atoms with Gasteiger partial charge in [0.05, 0.1) is 11.8 Å². The molecule has 0 unspecified atom stereocenters. The lowest BCUT2D eigenvalue weighted by atomic mass is 10.2. The van der Waals surface area contributed by atoms with Crippen molar-refractivity contribution >= 4 is 11.7 Å². The topological polar surface area (TPSA) is 59.6 Å². The highest BCUT2D eigenvalue weighted by molar-refractivity contribution is 5.91. The van der Waals surface area contributed by atoms with Crippen molar-refractivity contribution in [1.82, 2.24) is 5.32 Å². The molecule has 1 aromatic rings. The highest BCUT2D eigenvalue weighted by Gasteiger charge is 2.24. The number of rotatable bonds is 5. The van der Waals surface area contributed by atoms with Gasteiger partial charge >= 0.3 is 6.03 Å². The Balaban J connectivity index is 1.61. The maximum atomic E-state index is 13.4. The van der Waals surface area contributed by atoms with Gasteiger partial charge in [0, 0.05) is 18.7 Å². The van der Waals surface area contributed by atoms with E-state index < -0.39 is 5.82 Å². The number of benzene rings is 1.